The molecule has 0 saturated heterocycles. The van der Waals surface area contributed by atoms with Gasteiger partial charge in [0.1, 0.15) is 0 Å². The molecule has 0 bridgehead atoms. The van der Waals surface area contributed by atoms with Crippen molar-refractivity contribution in [1.29, 1.82) is 0 Å². The zero-order valence-electron chi connectivity index (χ0n) is 9.49. The van der Waals surface area contributed by atoms with Crippen molar-refractivity contribution in [2.45, 2.75) is 25.4 Å². The van der Waals surface area contributed by atoms with Gasteiger partial charge in [0, 0.05) is 15.5 Å². The molecule has 0 amide bonds. The van der Waals surface area contributed by atoms with Crippen molar-refractivity contribution >= 4 is 27.5 Å². The van der Waals surface area contributed by atoms with E-state index in [0.29, 0.717) is 29.4 Å². The highest BCUT2D eigenvalue weighted by molar-refractivity contribution is 9.10. The van der Waals surface area contributed by atoms with Crippen LogP contribution < -0.4 is 5.32 Å². The van der Waals surface area contributed by atoms with E-state index in [9.17, 15) is 0 Å². The first-order valence-electron chi connectivity index (χ1n) is 5.73. The highest BCUT2D eigenvalue weighted by atomic mass is 79.9. The number of nitrogens with one attached hydrogen (secondary N) is 1. The normalized spacial score (nSPS) is 15.0. The summed E-state index contributed by atoms with van der Waals surface area (Å²) in [5, 5.41) is 12.1. The van der Waals surface area contributed by atoms with Crippen LogP contribution in [0.2, 0.25) is 5.02 Å². The van der Waals surface area contributed by atoms with Crippen molar-refractivity contribution in [1.82, 2.24) is 15.5 Å². The average Bonchev–Trinajstić information content (AvgIpc) is 3.05. The van der Waals surface area contributed by atoms with Crippen LogP contribution in [0.5, 0.6) is 0 Å². The number of rotatable bonds is 4. The fourth-order valence-electron chi connectivity index (χ4n) is 1.62. The summed E-state index contributed by atoms with van der Waals surface area (Å²) in [6.07, 6.45) is 2.48. The third kappa shape index (κ3) is 2.74. The second-order valence-corrected chi connectivity index (χ2v) is 5.57. The molecule has 18 heavy (non-hydrogen) atoms. The molecule has 0 spiro atoms. The van der Waals surface area contributed by atoms with Crippen molar-refractivity contribution in [3.8, 4) is 11.5 Å². The molecule has 2 aromatic rings. The maximum absolute atomic E-state index is 5.89. The van der Waals surface area contributed by atoms with Gasteiger partial charge in [-0.15, -0.1) is 10.2 Å². The van der Waals surface area contributed by atoms with Crippen molar-refractivity contribution in [2.24, 2.45) is 0 Å². The molecule has 0 unspecified atom stereocenters. The molecule has 3 rings (SSSR count). The first-order valence-corrected chi connectivity index (χ1v) is 6.90. The Morgan fingerprint density at radius 1 is 1.39 bits per heavy atom. The fraction of sp³-hybridized carbons (Fsp3) is 0.333. The van der Waals surface area contributed by atoms with Crippen molar-refractivity contribution in [3.63, 3.8) is 0 Å². The zero-order valence-corrected chi connectivity index (χ0v) is 11.8. The summed E-state index contributed by atoms with van der Waals surface area (Å²) >= 11 is 9.33. The third-order valence-corrected chi connectivity index (χ3v) is 3.64. The molecule has 0 aliphatic heterocycles. The van der Waals surface area contributed by atoms with Gasteiger partial charge < -0.3 is 9.73 Å². The Morgan fingerprint density at radius 2 is 2.22 bits per heavy atom. The highest BCUT2D eigenvalue weighted by Crippen LogP contribution is 2.29. The maximum Gasteiger partial charge on any atom is 0.248 e. The smallest absolute Gasteiger partial charge is 0.248 e. The van der Waals surface area contributed by atoms with E-state index in [4.69, 9.17) is 16.0 Å². The fourth-order valence-corrected chi connectivity index (χ4v) is 2.47. The molecule has 4 nitrogen and oxygen atoms in total. The van der Waals surface area contributed by atoms with Gasteiger partial charge in [-0.3, -0.25) is 0 Å². The van der Waals surface area contributed by atoms with E-state index < -0.39 is 0 Å². The first-order chi connectivity index (χ1) is 8.72. The predicted molar refractivity (Wildman–Crippen MR) is 72.3 cm³/mol. The lowest BCUT2D eigenvalue weighted by molar-refractivity contribution is 0.476. The molecular formula is C12H11BrClN3O. The Hall–Kier alpha value is -0.910. The Labute approximate surface area is 118 Å². The largest absolute Gasteiger partial charge is 0.419 e. The molecule has 1 aromatic carbocycles. The molecule has 1 fully saturated rings. The van der Waals surface area contributed by atoms with E-state index in [-0.39, 0.29) is 0 Å². The van der Waals surface area contributed by atoms with Gasteiger partial charge in [-0.2, -0.15) is 0 Å². The number of nitrogens with zero attached hydrogens (tertiary/aromatic N) is 2. The van der Waals surface area contributed by atoms with Crippen molar-refractivity contribution < 1.29 is 4.42 Å². The molecule has 1 aliphatic rings. The van der Waals surface area contributed by atoms with Crippen LogP contribution in [0, 0.1) is 0 Å². The maximum atomic E-state index is 5.89. The van der Waals surface area contributed by atoms with Crippen LogP contribution >= 0.6 is 27.5 Å². The summed E-state index contributed by atoms with van der Waals surface area (Å²) in [6.45, 7) is 0.628. The summed E-state index contributed by atoms with van der Waals surface area (Å²) in [5.74, 6) is 1.12. The number of aromatic nitrogens is 2. The SMILES string of the molecule is Clc1ccc(-c2nnc(CNC3CC3)o2)c(Br)c1. The average molecular weight is 329 g/mol. The molecule has 1 heterocycles. The van der Waals surface area contributed by atoms with E-state index >= 15 is 0 Å². The van der Waals surface area contributed by atoms with Crippen LogP contribution in [0.1, 0.15) is 18.7 Å². The van der Waals surface area contributed by atoms with Gasteiger partial charge in [0.05, 0.1) is 12.1 Å². The van der Waals surface area contributed by atoms with Gasteiger partial charge in [-0.1, -0.05) is 11.6 Å². The Kier molecular flexibility index (Phi) is 3.37. The summed E-state index contributed by atoms with van der Waals surface area (Å²) in [6, 6.07) is 6.09. The molecule has 94 valence electrons. The molecule has 6 heteroatoms. The Bertz CT molecular complexity index is 568. The topological polar surface area (TPSA) is 51.0 Å². The molecule has 0 radical (unpaired) electrons. The minimum absolute atomic E-state index is 0.506. The van der Waals surface area contributed by atoms with E-state index in [0.717, 1.165) is 10.0 Å². The molecule has 1 saturated carbocycles. The minimum Gasteiger partial charge on any atom is -0.419 e. The van der Waals surface area contributed by atoms with E-state index in [1.54, 1.807) is 6.07 Å². The second-order valence-electron chi connectivity index (χ2n) is 4.28. The van der Waals surface area contributed by atoms with Crippen LogP contribution in [0.4, 0.5) is 0 Å². The molecule has 1 N–H and O–H groups in total. The summed E-state index contributed by atoms with van der Waals surface area (Å²) in [4.78, 5) is 0. The van der Waals surface area contributed by atoms with Gasteiger partial charge >= 0.3 is 0 Å². The summed E-state index contributed by atoms with van der Waals surface area (Å²) in [5.41, 5.74) is 0.851. The van der Waals surface area contributed by atoms with E-state index in [1.807, 2.05) is 12.1 Å². The Morgan fingerprint density at radius 3 is 2.94 bits per heavy atom. The number of halogens is 2. The number of benzene rings is 1. The predicted octanol–water partition coefficient (Wildman–Crippen LogP) is 3.40. The monoisotopic (exact) mass is 327 g/mol. The zero-order chi connectivity index (χ0) is 12.5. The van der Waals surface area contributed by atoms with E-state index in [2.05, 4.69) is 31.4 Å². The van der Waals surface area contributed by atoms with Gasteiger partial charge in [0.15, 0.2) is 0 Å². The molecule has 1 aromatic heterocycles. The summed E-state index contributed by atoms with van der Waals surface area (Å²) in [7, 11) is 0. The summed E-state index contributed by atoms with van der Waals surface area (Å²) < 4.78 is 6.46. The molecule has 1 aliphatic carbocycles. The molecular weight excluding hydrogens is 318 g/mol. The van der Waals surface area contributed by atoms with Crippen LogP contribution in [0.25, 0.3) is 11.5 Å². The van der Waals surface area contributed by atoms with Gasteiger partial charge in [0.25, 0.3) is 0 Å². The van der Waals surface area contributed by atoms with Crippen LogP contribution in [-0.2, 0) is 6.54 Å². The third-order valence-electron chi connectivity index (χ3n) is 2.75. The lowest BCUT2D eigenvalue weighted by Gasteiger charge is -1.99. The number of hydrogen-bond donors (Lipinski definition) is 1. The van der Waals surface area contributed by atoms with E-state index in [1.165, 1.54) is 12.8 Å². The van der Waals surface area contributed by atoms with Crippen molar-refractivity contribution in [3.05, 3.63) is 33.6 Å². The van der Waals surface area contributed by atoms with Gasteiger partial charge in [-0.25, -0.2) is 0 Å². The van der Waals surface area contributed by atoms with Crippen LogP contribution in [0.15, 0.2) is 27.1 Å². The Balaban J connectivity index is 1.78. The highest BCUT2D eigenvalue weighted by Gasteiger charge is 2.21. The van der Waals surface area contributed by atoms with Gasteiger partial charge in [-0.05, 0) is 47.0 Å². The lowest BCUT2D eigenvalue weighted by Crippen LogP contribution is -2.15. The second kappa shape index (κ2) is 4.99. The lowest BCUT2D eigenvalue weighted by atomic mass is 10.2. The first kappa shape index (κ1) is 12.1. The van der Waals surface area contributed by atoms with Crippen LogP contribution in [0.3, 0.4) is 0 Å². The number of hydrogen-bond acceptors (Lipinski definition) is 4. The van der Waals surface area contributed by atoms with Crippen LogP contribution in [-0.4, -0.2) is 16.2 Å². The van der Waals surface area contributed by atoms with Crippen molar-refractivity contribution in [2.75, 3.05) is 0 Å². The standard InChI is InChI=1S/C12H11BrClN3O/c13-10-5-7(14)1-4-9(10)12-17-16-11(18-12)6-15-8-2-3-8/h1,4-5,8,15H,2-3,6H2. The molecule has 0 atom stereocenters. The minimum atomic E-state index is 0.506. The quantitative estimate of drug-likeness (QED) is 0.934. The van der Waals surface area contributed by atoms with Gasteiger partial charge in [0.2, 0.25) is 11.8 Å².